The highest BCUT2D eigenvalue weighted by atomic mass is 16.1. The molecule has 1 aliphatic carbocycles. The summed E-state index contributed by atoms with van der Waals surface area (Å²) in [4.78, 5) is 23.5. The number of hydrogen-bond donors (Lipinski definition) is 3. The smallest absolute Gasteiger partial charge is 0.272 e. The van der Waals surface area contributed by atoms with Crippen molar-refractivity contribution in [2.24, 2.45) is 0 Å². The Morgan fingerprint density at radius 1 is 1.06 bits per heavy atom. The molecule has 3 rings (SSSR count). The molecule has 0 amide bonds. The van der Waals surface area contributed by atoms with Gasteiger partial charge in [0, 0.05) is 11.7 Å². The lowest BCUT2D eigenvalue weighted by atomic mass is 10.1. The highest BCUT2D eigenvalue weighted by Gasteiger charge is 2.16. The van der Waals surface area contributed by atoms with Crippen molar-refractivity contribution in [1.29, 1.82) is 0 Å². The second-order valence-corrected chi connectivity index (χ2v) is 4.76. The van der Waals surface area contributed by atoms with E-state index in [0.29, 0.717) is 16.8 Å². The highest BCUT2D eigenvalue weighted by molar-refractivity contribution is 5.92. The molecule has 0 saturated heterocycles. The van der Waals surface area contributed by atoms with Crippen molar-refractivity contribution < 1.29 is 0 Å². The lowest BCUT2D eigenvalue weighted by Crippen LogP contribution is -2.22. The summed E-state index contributed by atoms with van der Waals surface area (Å²) in [6.45, 7) is 0. The van der Waals surface area contributed by atoms with Gasteiger partial charge in [-0.2, -0.15) is 0 Å². The number of aromatic amines is 2. The number of hydrogen-bond acceptors (Lipinski definition) is 3. The van der Waals surface area contributed by atoms with E-state index in [4.69, 9.17) is 0 Å². The van der Waals surface area contributed by atoms with Crippen molar-refractivity contribution >= 4 is 16.5 Å². The zero-order chi connectivity index (χ0) is 12.5. The third-order valence-electron chi connectivity index (χ3n) is 3.54. The summed E-state index contributed by atoms with van der Waals surface area (Å²) in [5.74, 6) is 0. The standard InChI is InChI=1S/C13H15N3O2/c17-12-9-6-3-7-10(11(9)13(18)16-15-12)14-8-4-1-2-5-8/h3,6-8,14H,1-2,4-5H2,(H,15,17)(H,16,18). The van der Waals surface area contributed by atoms with E-state index < -0.39 is 0 Å². The van der Waals surface area contributed by atoms with Gasteiger partial charge in [0.15, 0.2) is 0 Å². The van der Waals surface area contributed by atoms with Crippen LogP contribution in [0, 0.1) is 0 Å². The lowest BCUT2D eigenvalue weighted by Gasteiger charge is -2.14. The average Bonchev–Trinajstić information content (AvgIpc) is 2.87. The summed E-state index contributed by atoms with van der Waals surface area (Å²) < 4.78 is 0. The molecule has 1 aliphatic rings. The van der Waals surface area contributed by atoms with Crippen LogP contribution >= 0.6 is 0 Å². The molecule has 2 aromatic rings. The molecule has 0 spiro atoms. The van der Waals surface area contributed by atoms with Gasteiger partial charge in [-0.05, 0) is 25.0 Å². The highest BCUT2D eigenvalue weighted by Crippen LogP contribution is 2.24. The maximum Gasteiger partial charge on any atom is 0.272 e. The van der Waals surface area contributed by atoms with E-state index in [1.165, 1.54) is 12.8 Å². The molecule has 1 saturated carbocycles. The minimum atomic E-state index is -0.264. The lowest BCUT2D eigenvalue weighted by molar-refractivity contribution is 0.756. The summed E-state index contributed by atoms with van der Waals surface area (Å²) in [5.41, 5.74) is 0.233. The van der Waals surface area contributed by atoms with Crippen LogP contribution < -0.4 is 16.4 Å². The van der Waals surface area contributed by atoms with Gasteiger partial charge in [0.25, 0.3) is 11.1 Å². The summed E-state index contributed by atoms with van der Waals surface area (Å²) in [5, 5.41) is 8.98. The van der Waals surface area contributed by atoms with Gasteiger partial charge >= 0.3 is 0 Å². The predicted molar refractivity (Wildman–Crippen MR) is 71.1 cm³/mol. The van der Waals surface area contributed by atoms with Gasteiger partial charge in [0.1, 0.15) is 0 Å². The van der Waals surface area contributed by atoms with Crippen LogP contribution in [0.15, 0.2) is 27.8 Å². The fourth-order valence-corrected chi connectivity index (χ4v) is 2.64. The molecule has 1 aromatic carbocycles. The number of fused-ring (bicyclic) bond motifs is 1. The molecule has 0 atom stereocenters. The molecule has 0 bridgehead atoms. The predicted octanol–water partition coefficient (Wildman–Crippen LogP) is 1.57. The van der Waals surface area contributed by atoms with E-state index in [9.17, 15) is 9.59 Å². The van der Waals surface area contributed by atoms with Crippen LogP contribution in [0.5, 0.6) is 0 Å². The molecule has 1 aromatic heterocycles. The number of anilines is 1. The maximum atomic E-state index is 11.9. The van der Waals surface area contributed by atoms with Crippen LogP contribution in [0.25, 0.3) is 10.8 Å². The minimum absolute atomic E-state index is 0.259. The Balaban J connectivity index is 2.14. The first-order valence-electron chi connectivity index (χ1n) is 6.26. The molecule has 3 N–H and O–H groups in total. The van der Waals surface area contributed by atoms with E-state index >= 15 is 0 Å². The Kier molecular flexibility index (Phi) is 2.66. The summed E-state index contributed by atoms with van der Waals surface area (Å²) in [7, 11) is 0. The second kappa shape index (κ2) is 4.33. The number of H-pyrrole nitrogens is 2. The Labute approximate surface area is 103 Å². The van der Waals surface area contributed by atoms with Crippen LogP contribution in [0.2, 0.25) is 0 Å². The van der Waals surface area contributed by atoms with Gasteiger partial charge in [-0.1, -0.05) is 18.9 Å². The number of aromatic nitrogens is 2. The van der Waals surface area contributed by atoms with Gasteiger partial charge in [-0.15, -0.1) is 0 Å². The van der Waals surface area contributed by atoms with Crippen molar-refractivity contribution in [3.05, 3.63) is 38.9 Å². The van der Waals surface area contributed by atoms with Crippen molar-refractivity contribution in [3.63, 3.8) is 0 Å². The molecular formula is C13H15N3O2. The van der Waals surface area contributed by atoms with Gasteiger partial charge < -0.3 is 5.32 Å². The van der Waals surface area contributed by atoms with Crippen LogP contribution in [0.1, 0.15) is 25.7 Å². The molecule has 5 heteroatoms. The van der Waals surface area contributed by atoms with Crippen molar-refractivity contribution in [2.75, 3.05) is 5.32 Å². The maximum absolute atomic E-state index is 11.9. The summed E-state index contributed by atoms with van der Waals surface area (Å²) >= 11 is 0. The van der Waals surface area contributed by atoms with Gasteiger partial charge in [0.2, 0.25) is 0 Å². The molecule has 0 aliphatic heterocycles. The summed E-state index contributed by atoms with van der Waals surface area (Å²) in [6, 6.07) is 5.74. The van der Waals surface area contributed by atoms with Crippen molar-refractivity contribution in [3.8, 4) is 0 Å². The molecule has 5 nitrogen and oxygen atoms in total. The van der Waals surface area contributed by atoms with Gasteiger partial charge in [-0.3, -0.25) is 19.8 Å². The first-order valence-corrected chi connectivity index (χ1v) is 6.26. The number of rotatable bonds is 2. The minimum Gasteiger partial charge on any atom is -0.382 e. The Morgan fingerprint density at radius 3 is 2.56 bits per heavy atom. The van der Waals surface area contributed by atoms with Crippen LogP contribution in [-0.2, 0) is 0 Å². The van der Waals surface area contributed by atoms with Crippen molar-refractivity contribution in [1.82, 2.24) is 10.2 Å². The van der Waals surface area contributed by atoms with Crippen LogP contribution in [-0.4, -0.2) is 16.2 Å². The molecular weight excluding hydrogens is 230 g/mol. The van der Waals surface area contributed by atoms with E-state index in [0.717, 1.165) is 18.5 Å². The fourth-order valence-electron chi connectivity index (χ4n) is 2.64. The van der Waals surface area contributed by atoms with Crippen LogP contribution in [0.3, 0.4) is 0 Å². The van der Waals surface area contributed by atoms with E-state index in [1.807, 2.05) is 6.07 Å². The molecule has 18 heavy (non-hydrogen) atoms. The van der Waals surface area contributed by atoms with Crippen molar-refractivity contribution in [2.45, 2.75) is 31.7 Å². The SMILES string of the molecule is O=c1[nH][nH]c(=O)c2c(NC3CCCC3)cccc12. The van der Waals surface area contributed by atoms with Crippen LogP contribution in [0.4, 0.5) is 5.69 Å². The molecule has 0 radical (unpaired) electrons. The largest absolute Gasteiger partial charge is 0.382 e. The monoisotopic (exact) mass is 245 g/mol. The summed E-state index contributed by atoms with van der Waals surface area (Å²) in [6.07, 6.45) is 4.69. The van der Waals surface area contributed by atoms with E-state index in [1.54, 1.807) is 12.1 Å². The zero-order valence-electron chi connectivity index (χ0n) is 9.95. The van der Waals surface area contributed by atoms with E-state index in [2.05, 4.69) is 15.5 Å². The van der Waals surface area contributed by atoms with Gasteiger partial charge in [-0.25, -0.2) is 0 Å². The van der Waals surface area contributed by atoms with E-state index in [-0.39, 0.29) is 11.1 Å². The molecule has 1 fully saturated rings. The normalized spacial score (nSPS) is 16.2. The molecule has 94 valence electrons. The zero-order valence-corrected chi connectivity index (χ0v) is 9.95. The molecule has 0 unspecified atom stereocenters. The quantitative estimate of drug-likeness (QED) is 0.751. The second-order valence-electron chi connectivity index (χ2n) is 4.76. The third-order valence-corrected chi connectivity index (χ3v) is 3.54. The topological polar surface area (TPSA) is 77.8 Å². The Hall–Kier alpha value is -2.04. The Bertz CT molecular complexity index is 680. The average molecular weight is 245 g/mol. The Morgan fingerprint density at radius 2 is 1.78 bits per heavy atom. The third kappa shape index (κ3) is 1.81. The first kappa shape index (κ1) is 11.1. The first-order chi connectivity index (χ1) is 8.75. The number of nitrogens with one attached hydrogen (secondary N) is 3. The number of benzene rings is 1. The van der Waals surface area contributed by atoms with Gasteiger partial charge in [0.05, 0.1) is 10.8 Å². The fraction of sp³-hybridized carbons (Fsp3) is 0.385. The molecule has 1 heterocycles.